The van der Waals surface area contributed by atoms with Crippen LogP contribution in [0, 0.1) is 5.92 Å². The molecule has 150 valence electrons. The van der Waals surface area contributed by atoms with Crippen molar-refractivity contribution in [3.05, 3.63) is 0 Å². The van der Waals surface area contributed by atoms with E-state index in [-0.39, 0.29) is 12.3 Å². The van der Waals surface area contributed by atoms with E-state index in [1.54, 1.807) is 0 Å². The van der Waals surface area contributed by atoms with Crippen LogP contribution < -0.4 is 0 Å². The second-order valence-corrected chi connectivity index (χ2v) is 8.38. The molecule has 2 spiro atoms. The molecule has 0 aromatic carbocycles. The molecule has 1 N–H and O–H groups in total. The first-order valence-corrected chi connectivity index (χ1v) is 10.6. The molecule has 0 radical (unpaired) electrons. The predicted molar refractivity (Wildman–Crippen MR) is 94.8 cm³/mol. The van der Waals surface area contributed by atoms with E-state index in [1.165, 1.54) is 44.9 Å². The molecule has 3 rings (SSSR count). The monoisotopic (exact) mass is 370 g/mol. The van der Waals surface area contributed by atoms with Crippen LogP contribution in [-0.2, 0) is 24.3 Å². The third kappa shape index (κ3) is 5.65. The SMILES string of the molecule is O=C(O)CC1CCC2(CC1)OOC1(CCCCCCCCCCC1)OO2. The molecule has 0 atom stereocenters. The molecule has 0 aromatic rings. The Morgan fingerprint density at radius 2 is 1.08 bits per heavy atom. The van der Waals surface area contributed by atoms with Crippen LogP contribution in [-0.4, -0.2) is 22.7 Å². The fraction of sp³-hybridized carbons (Fsp3) is 0.950. The first kappa shape index (κ1) is 20.1. The van der Waals surface area contributed by atoms with Crippen molar-refractivity contribution in [3.8, 4) is 0 Å². The van der Waals surface area contributed by atoms with Gasteiger partial charge in [0.25, 0.3) is 0 Å². The van der Waals surface area contributed by atoms with Crippen molar-refractivity contribution in [3.63, 3.8) is 0 Å². The van der Waals surface area contributed by atoms with Gasteiger partial charge in [0.1, 0.15) is 0 Å². The fourth-order valence-corrected chi connectivity index (χ4v) is 4.38. The van der Waals surface area contributed by atoms with Gasteiger partial charge in [-0.25, -0.2) is 0 Å². The Labute approximate surface area is 156 Å². The number of rotatable bonds is 2. The van der Waals surface area contributed by atoms with Gasteiger partial charge in [-0.2, -0.15) is 19.6 Å². The topological polar surface area (TPSA) is 74.2 Å². The zero-order chi connectivity index (χ0) is 18.3. The highest BCUT2D eigenvalue weighted by atomic mass is 17.4. The summed E-state index contributed by atoms with van der Waals surface area (Å²) in [5, 5.41) is 8.95. The number of carboxylic acid groups (broad SMARTS) is 1. The lowest BCUT2D eigenvalue weighted by Gasteiger charge is -2.45. The van der Waals surface area contributed by atoms with Gasteiger partial charge in [-0.1, -0.05) is 44.9 Å². The largest absolute Gasteiger partial charge is 0.481 e. The van der Waals surface area contributed by atoms with Crippen molar-refractivity contribution < 1.29 is 29.5 Å². The van der Waals surface area contributed by atoms with Gasteiger partial charge in [-0.05, 0) is 31.6 Å². The summed E-state index contributed by atoms with van der Waals surface area (Å²) in [6.07, 6.45) is 15.6. The Hall–Kier alpha value is -0.690. The molecule has 6 nitrogen and oxygen atoms in total. The third-order valence-corrected chi connectivity index (χ3v) is 6.14. The van der Waals surface area contributed by atoms with E-state index >= 15 is 0 Å². The summed E-state index contributed by atoms with van der Waals surface area (Å²) in [6.45, 7) is 0. The van der Waals surface area contributed by atoms with Crippen molar-refractivity contribution in [2.75, 3.05) is 0 Å². The van der Waals surface area contributed by atoms with Crippen molar-refractivity contribution in [1.29, 1.82) is 0 Å². The summed E-state index contributed by atoms with van der Waals surface area (Å²) < 4.78 is 0. The summed E-state index contributed by atoms with van der Waals surface area (Å²) in [7, 11) is 0. The first-order valence-electron chi connectivity index (χ1n) is 10.6. The predicted octanol–water partition coefficient (Wildman–Crippen LogP) is 5.26. The number of carboxylic acids is 1. The Morgan fingerprint density at radius 1 is 0.692 bits per heavy atom. The fourth-order valence-electron chi connectivity index (χ4n) is 4.38. The van der Waals surface area contributed by atoms with Gasteiger partial charge >= 0.3 is 5.97 Å². The van der Waals surface area contributed by atoms with Crippen LogP contribution >= 0.6 is 0 Å². The zero-order valence-corrected chi connectivity index (χ0v) is 15.9. The van der Waals surface area contributed by atoms with Crippen LogP contribution in [0.15, 0.2) is 0 Å². The lowest BCUT2D eigenvalue weighted by Crippen LogP contribution is -2.52. The molecule has 3 fully saturated rings. The smallest absolute Gasteiger partial charge is 0.303 e. The minimum atomic E-state index is -0.857. The summed E-state index contributed by atoms with van der Waals surface area (Å²) >= 11 is 0. The average Bonchev–Trinajstić information content (AvgIpc) is 2.62. The quantitative estimate of drug-likeness (QED) is 0.668. The maximum atomic E-state index is 10.9. The number of hydrogen-bond donors (Lipinski definition) is 1. The standard InChI is InChI=1S/C20H34O6/c21-18(22)16-17-10-14-20(15-11-17)25-23-19(24-26-20)12-8-6-4-2-1-3-5-7-9-13-19/h17H,1-16H2,(H,21,22). The summed E-state index contributed by atoms with van der Waals surface area (Å²) in [5.41, 5.74) is 0. The second-order valence-electron chi connectivity index (χ2n) is 8.38. The van der Waals surface area contributed by atoms with E-state index in [1.807, 2.05) is 0 Å². The van der Waals surface area contributed by atoms with Gasteiger partial charge in [0.2, 0.25) is 11.6 Å². The second kappa shape index (κ2) is 9.49. The molecule has 0 aromatic heterocycles. The van der Waals surface area contributed by atoms with E-state index in [4.69, 9.17) is 24.7 Å². The van der Waals surface area contributed by atoms with Crippen LogP contribution in [0.5, 0.6) is 0 Å². The Kier molecular flexibility index (Phi) is 7.32. The molecule has 3 aliphatic rings. The average molecular weight is 370 g/mol. The van der Waals surface area contributed by atoms with E-state index in [0.717, 1.165) is 38.5 Å². The minimum Gasteiger partial charge on any atom is -0.481 e. The number of aliphatic carboxylic acids is 1. The van der Waals surface area contributed by atoms with E-state index in [9.17, 15) is 4.79 Å². The molecular weight excluding hydrogens is 336 g/mol. The molecule has 0 bridgehead atoms. The molecule has 2 saturated carbocycles. The summed E-state index contributed by atoms with van der Waals surface area (Å²) in [4.78, 5) is 34.2. The van der Waals surface area contributed by atoms with Gasteiger partial charge < -0.3 is 5.11 Å². The van der Waals surface area contributed by atoms with Crippen LogP contribution in [0.25, 0.3) is 0 Å². The molecule has 1 heterocycles. The Balaban J connectivity index is 1.50. The molecule has 0 amide bonds. The molecule has 6 heteroatoms. The maximum absolute atomic E-state index is 10.9. The van der Waals surface area contributed by atoms with Crippen LogP contribution in [0.2, 0.25) is 0 Å². The molecule has 1 aliphatic heterocycles. The highest BCUT2D eigenvalue weighted by Crippen LogP contribution is 2.44. The lowest BCUT2D eigenvalue weighted by molar-refractivity contribution is -0.662. The first-order chi connectivity index (χ1) is 12.6. The summed E-state index contributed by atoms with van der Waals surface area (Å²) in [5.74, 6) is -2.19. The molecule has 0 unspecified atom stereocenters. The molecule has 26 heavy (non-hydrogen) atoms. The Morgan fingerprint density at radius 3 is 1.50 bits per heavy atom. The highest BCUT2D eigenvalue weighted by Gasteiger charge is 2.50. The van der Waals surface area contributed by atoms with Crippen molar-refractivity contribution in [2.24, 2.45) is 5.92 Å². The van der Waals surface area contributed by atoms with E-state index in [2.05, 4.69) is 0 Å². The van der Waals surface area contributed by atoms with Gasteiger partial charge in [0.15, 0.2) is 0 Å². The van der Waals surface area contributed by atoms with Crippen molar-refractivity contribution >= 4 is 5.97 Å². The van der Waals surface area contributed by atoms with Gasteiger partial charge in [0.05, 0.1) is 0 Å². The minimum absolute atomic E-state index is 0.183. The molecule has 2 aliphatic carbocycles. The zero-order valence-electron chi connectivity index (χ0n) is 15.9. The number of hydrogen-bond acceptors (Lipinski definition) is 5. The highest BCUT2D eigenvalue weighted by molar-refractivity contribution is 5.67. The number of carbonyl (C=O) groups is 1. The van der Waals surface area contributed by atoms with Crippen LogP contribution in [0.3, 0.4) is 0 Å². The Bertz CT molecular complexity index is 420. The third-order valence-electron chi connectivity index (χ3n) is 6.14. The van der Waals surface area contributed by atoms with E-state index < -0.39 is 17.5 Å². The van der Waals surface area contributed by atoms with Gasteiger partial charge in [-0.15, -0.1) is 0 Å². The molecular formula is C20H34O6. The van der Waals surface area contributed by atoms with Gasteiger partial charge in [-0.3, -0.25) is 4.79 Å². The lowest BCUT2D eigenvalue weighted by atomic mass is 9.83. The van der Waals surface area contributed by atoms with E-state index in [0.29, 0.717) is 12.8 Å². The van der Waals surface area contributed by atoms with Crippen LogP contribution in [0.1, 0.15) is 103 Å². The van der Waals surface area contributed by atoms with Crippen molar-refractivity contribution in [1.82, 2.24) is 0 Å². The molecule has 1 saturated heterocycles. The van der Waals surface area contributed by atoms with Crippen LogP contribution in [0.4, 0.5) is 0 Å². The normalized spacial score (nSPS) is 28.3. The summed E-state index contributed by atoms with van der Waals surface area (Å²) in [6, 6.07) is 0. The maximum Gasteiger partial charge on any atom is 0.303 e. The van der Waals surface area contributed by atoms with Gasteiger partial charge in [0, 0.05) is 32.1 Å². The van der Waals surface area contributed by atoms with Crippen molar-refractivity contribution in [2.45, 2.75) is 114 Å².